The molecule has 0 aromatic carbocycles. The van der Waals surface area contributed by atoms with Crippen LogP contribution >= 0.6 is 0 Å². The highest BCUT2D eigenvalue weighted by Crippen LogP contribution is 2.35. The summed E-state index contributed by atoms with van der Waals surface area (Å²) in [4.78, 5) is 8.38. The maximum atomic E-state index is 4.19. The van der Waals surface area contributed by atoms with Gasteiger partial charge in [0, 0.05) is 18.4 Å². The van der Waals surface area contributed by atoms with E-state index in [0.29, 0.717) is 12.0 Å². The van der Waals surface area contributed by atoms with E-state index in [9.17, 15) is 0 Å². The molecule has 3 nitrogen and oxygen atoms in total. The average molecular weight is 247 g/mol. The molecule has 1 saturated carbocycles. The van der Waals surface area contributed by atoms with Gasteiger partial charge in [-0.05, 0) is 36.8 Å². The van der Waals surface area contributed by atoms with Crippen LogP contribution in [0.2, 0.25) is 0 Å². The summed E-state index contributed by atoms with van der Waals surface area (Å²) in [5.74, 6) is 1.38. The van der Waals surface area contributed by atoms with Gasteiger partial charge in [-0.1, -0.05) is 33.1 Å². The zero-order valence-corrected chi connectivity index (χ0v) is 11.6. The van der Waals surface area contributed by atoms with Crippen molar-refractivity contribution in [2.45, 2.75) is 57.9 Å². The monoisotopic (exact) mass is 247 g/mol. The molecule has 1 aliphatic carbocycles. The summed E-state index contributed by atoms with van der Waals surface area (Å²) in [6.45, 7) is 5.56. The summed E-state index contributed by atoms with van der Waals surface area (Å²) in [6.07, 6.45) is 12.4. The van der Waals surface area contributed by atoms with Gasteiger partial charge in [0.1, 0.15) is 6.33 Å². The van der Waals surface area contributed by atoms with Gasteiger partial charge in [-0.2, -0.15) is 0 Å². The van der Waals surface area contributed by atoms with Gasteiger partial charge in [0.25, 0.3) is 0 Å². The van der Waals surface area contributed by atoms with Crippen LogP contribution in [-0.2, 0) is 0 Å². The molecule has 0 saturated heterocycles. The van der Waals surface area contributed by atoms with Gasteiger partial charge in [0.2, 0.25) is 0 Å². The number of hydrogen-bond acceptors (Lipinski definition) is 3. The van der Waals surface area contributed by atoms with E-state index in [1.165, 1.54) is 37.7 Å². The van der Waals surface area contributed by atoms with Crippen molar-refractivity contribution in [2.75, 3.05) is 6.54 Å². The Morgan fingerprint density at radius 2 is 1.89 bits per heavy atom. The molecule has 2 unspecified atom stereocenters. The first kappa shape index (κ1) is 13.5. The van der Waals surface area contributed by atoms with Crippen molar-refractivity contribution >= 4 is 0 Å². The van der Waals surface area contributed by atoms with Crippen LogP contribution in [0.5, 0.6) is 0 Å². The number of hydrogen-bond donors (Lipinski definition) is 1. The molecule has 0 bridgehead atoms. The third kappa shape index (κ3) is 3.77. The van der Waals surface area contributed by atoms with Gasteiger partial charge in [-0.3, -0.25) is 0 Å². The maximum absolute atomic E-state index is 4.19. The molecule has 100 valence electrons. The summed E-state index contributed by atoms with van der Waals surface area (Å²) in [5, 5.41) is 3.60. The van der Waals surface area contributed by atoms with Crippen molar-refractivity contribution in [1.29, 1.82) is 0 Å². The molecule has 2 atom stereocenters. The number of nitrogens with zero attached hydrogens (tertiary/aromatic N) is 2. The van der Waals surface area contributed by atoms with Crippen LogP contribution in [0.1, 0.15) is 57.4 Å². The molecule has 1 heterocycles. The zero-order chi connectivity index (χ0) is 12.8. The number of rotatable bonds is 4. The highest BCUT2D eigenvalue weighted by molar-refractivity contribution is 5.12. The molecule has 0 spiro atoms. The van der Waals surface area contributed by atoms with Crippen LogP contribution in [-0.4, -0.2) is 22.6 Å². The van der Waals surface area contributed by atoms with Crippen molar-refractivity contribution in [3.8, 4) is 0 Å². The first-order valence-corrected chi connectivity index (χ1v) is 7.25. The van der Waals surface area contributed by atoms with Gasteiger partial charge in [-0.25, -0.2) is 9.97 Å². The molecule has 1 aromatic rings. The van der Waals surface area contributed by atoms with Crippen LogP contribution in [0.3, 0.4) is 0 Å². The largest absolute Gasteiger partial charge is 0.314 e. The van der Waals surface area contributed by atoms with Crippen LogP contribution < -0.4 is 5.32 Å². The predicted molar refractivity (Wildman–Crippen MR) is 74.5 cm³/mol. The molecule has 0 amide bonds. The van der Waals surface area contributed by atoms with E-state index in [0.717, 1.165) is 12.5 Å². The molecule has 3 heteroatoms. The van der Waals surface area contributed by atoms with Crippen molar-refractivity contribution in [2.24, 2.45) is 5.92 Å². The van der Waals surface area contributed by atoms with Crippen molar-refractivity contribution < 1.29 is 0 Å². The molecule has 0 aliphatic heterocycles. The van der Waals surface area contributed by atoms with Crippen LogP contribution in [0, 0.1) is 5.92 Å². The summed E-state index contributed by atoms with van der Waals surface area (Å²) in [7, 11) is 0. The van der Waals surface area contributed by atoms with Crippen molar-refractivity contribution in [3.05, 3.63) is 24.3 Å². The Hall–Kier alpha value is -0.960. The quantitative estimate of drug-likeness (QED) is 0.831. The first-order chi connectivity index (χ1) is 8.77. The highest BCUT2D eigenvalue weighted by atomic mass is 14.9. The van der Waals surface area contributed by atoms with Crippen LogP contribution in [0.4, 0.5) is 0 Å². The lowest BCUT2D eigenvalue weighted by Gasteiger charge is -2.26. The Labute approximate surface area is 110 Å². The Morgan fingerprint density at radius 1 is 1.17 bits per heavy atom. The first-order valence-electron chi connectivity index (χ1n) is 7.25. The minimum atomic E-state index is 0.570. The topological polar surface area (TPSA) is 37.8 Å². The van der Waals surface area contributed by atoms with E-state index >= 15 is 0 Å². The van der Waals surface area contributed by atoms with Crippen molar-refractivity contribution in [1.82, 2.24) is 15.3 Å². The fourth-order valence-corrected chi connectivity index (χ4v) is 2.96. The molecule has 1 aliphatic rings. The SMILES string of the molecule is CC(C)NCC1CCCCCC1c1cncnc1. The summed E-state index contributed by atoms with van der Waals surface area (Å²) in [5.41, 5.74) is 1.33. The Kier molecular flexibility index (Phi) is 5.12. The third-order valence-electron chi connectivity index (χ3n) is 3.96. The van der Waals surface area contributed by atoms with E-state index in [4.69, 9.17) is 0 Å². The Bertz CT molecular complexity index is 337. The van der Waals surface area contributed by atoms with E-state index < -0.39 is 0 Å². The smallest absolute Gasteiger partial charge is 0.115 e. The van der Waals surface area contributed by atoms with Gasteiger partial charge in [-0.15, -0.1) is 0 Å². The van der Waals surface area contributed by atoms with Gasteiger partial charge < -0.3 is 5.32 Å². The van der Waals surface area contributed by atoms with Gasteiger partial charge in [0.15, 0.2) is 0 Å². The lowest BCUT2D eigenvalue weighted by Crippen LogP contribution is -2.31. The second kappa shape index (κ2) is 6.83. The molecule has 1 aromatic heterocycles. The van der Waals surface area contributed by atoms with Gasteiger partial charge >= 0.3 is 0 Å². The van der Waals surface area contributed by atoms with Gasteiger partial charge in [0.05, 0.1) is 0 Å². The molecule has 2 rings (SSSR count). The molecule has 1 fully saturated rings. The second-order valence-corrected chi connectivity index (χ2v) is 5.74. The molecular weight excluding hydrogens is 222 g/mol. The molecular formula is C15H25N3. The van der Waals surface area contributed by atoms with Crippen LogP contribution in [0.25, 0.3) is 0 Å². The molecule has 18 heavy (non-hydrogen) atoms. The molecule has 0 radical (unpaired) electrons. The standard InChI is InChI=1S/C15H25N3/c1-12(2)18-10-13-6-4-3-5-7-15(13)14-8-16-11-17-9-14/h8-9,11-13,15,18H,3-7,10H2,1-2H3. The summed E-state index contributed by atoms with van der Waals surface area (Å²) < 4.78 is 0. The second-order valence-electron chi connectivity index (χ2n) is 5.74. The number of nitrogens with one attached hydrogen (secondary N) is 1. The third-order valence-corrected chi connectivity index (χ3v) is 3.96. The summed E-state index contributed by atoms with van der Waals surface area (Å²) >= 11 is 0. The van der Waals surface area contributed by atoms with Crippen LogP contribution in [0.15, 0.2) is 18.7 Å². The molecule has 1 N–H and O–H groups in total. The zero-order valence-electron chi connectivity index (χ0n) is 11.6. The number of aromatic nitrogens is 2. The fourth-order valence-electron chi connectivity index (χ4n) is 2.96. The Morgan fingerprint density at radius 3 is 2.61 bits per heavy atom. The van der Waals surface area contributed by atoms with E-state index in [-0.39, 0.29) is 0 Å². The average Bonchev–Trinajstić information content (AvgIpc) is 2.62. The Balaban J connectivity index is 2.07. The summed E-state index contributed by atoms with van der Waals surface area (Å²) in [6, 6.07) is 0.570. The minimum Gasteiger partial charge on any atom is -0.314 e. The maximum Gasteiger partial charge on any atom is 0.115 e. The predicted octanol–water partition coefficient (Wildman–Crippen LogP) is 3.14. The minimum absolute atomic E-state index is 0.570. The normalized spacial score (nSPS) is 25.1. The highest BCUT2D eigenvalue weighted by Gasteiger charge is 2.25. The fraction of sp³-hybridized carbons (Fsp3) is 0.733. The van der Waals surface area contributed by atoms with E-state index in [1.54, 1.807) is 6.33 Å². The lowest BCUT2D eigenvalue weighted by atomic mass is 9.83. The van der Waals surface area contributed by atoms with Crippen molar-refractivity contribution in [3.63, 3.8) is 0 Å². The van der Waals surface area contributed by atoms with E-state index in [2.05, 4.69) is 29.1 Å². The van der Waals surface area contributed by atoms with E-state index in [1.807, 2.05) is 12.4 Å². The lowest BCUT2D eigenvalue weighted by molar-refractivity contribution is 0.362.